The summed E-state index contributed by atoms with van der Waals surface area (Å²) in [5.74, 6) is -0.290. The molecule has 0 aliphatic carbocycles. The Morgan fingerprint density at radius 1 is 0.962 bits per heavy atom. The van der Waals surface area contributed by atoms with E-state index >= 15 is 0 Å². The van der Waals surface area contributed by atoms with Crippen LogP contribution in [0, 0.1) is 0 Å². The van der Waals surface area contributed by atoms with Crippen LogP contribution < -0.4 is 11.1 Å². The summed E-state index contributed by atoms with van der Waals surface area (Å²) in [6.45, 7) is 0. The second-order valence-electron chi connectivity index (χ2n) is 5.83. The minimum Gasteiger partial charge on any atom is -0.397 e. The van der Waals surface area contributed by atoms with Gasteiger partial charge in [-0.3, -0.25) is 4.79 Å². The van der Waals surface area contributed by atoms with E-state index in [-0.39, 0.29) is 12.1 Å². The number of benzene rings is 3. The molecule has 26 heavy (non-hydrogen) atoms. The molecule has 0 aromatic heterocycles. The van der Waals surface area contributed by atoms with Gasteiger partial charge < -0.3 is 11.1 Å². The first-order valence-corrected chi connectivity index (χ1v) is 9.41. The maximum Gasteiger partial charge on any atom is 0.510 e. The monoisotopic (exact) mass is 365 g/mol. The number of rotatable bonds is 5. The summed E-state index contributed by atoms with van der Waals surface area (Å²) in [7, 11) is -2.24. The Kier molecular flexibility index (Phi) is 5.42. The molecule has 130 valence electrons. The molecule has 3 rings (SSSR count). The Morgan fingerprint density at radius 3 is 2.31 bits per heavy atom. The minimum absolute atomic E-state index is 0.0727. The van der Waals surface area contributed by atoms with E-state index < -0.39 is 8.03 Å². The molecule has 5 nitrogen and oxygen atoms in total. The van der Waals surface area contributed by atoms with E-state index in [0.29, 0.717) is 22.5 Å². The summed E-state index contributed by atoms with van der Waals surface area (Å²) in [6.07, 6.45) is 0.0727. The first-order chi connectivity index (χ1) is 12.5. The molecule has 3 aromatic rings. The number of hydrogen-bond donors (Lipinski definition) is 3. The zero-order valence-electron chi connectivity index (χ0n) is 13.9. The van der Waals surface area contributed by atoms with Crippen LogP contribution in [0.3, 0.4) is 0 Å². The predicted octanol–water partition coefficient (Wildman–Crippen LogP) is 4.42. The Bertz CT molecular complexity index is 941. The Hall–Kier alpha value is -3.01. The molecule has 0 radical (unpaired) electrons. The fraction of sp³-hybridized carbons (Fsp3) is 0.0500. The van der Waals surface area contributed by atoms with Gasteiger partial charge in [0, 0.05) is 11.1 Å². The molecule has 6 heteroatoms. The Labute approximate surface area is 152 Å². The van der Waals surface area contributed by atoms with Crippen molar-refractivity contribution in [1.29, 1.82) is 0 Å². The average molecular weight is 365 g/mol. The van der Waals surface area contributed by atoms with Crippen molar-refractivity contribution in [3.05, 3.63) is 83.9 Å². The van der Waals surface area contributed by atoms with Crippen molar-refractivity contribution in [1.82, 2.24) is 0 Å². The molecule has 4 N–H and O–H groups in total. The van der Waals surface area contributed by atoms with E-state index in [4.69, 9.17) is 10.6 Å². The van der Waals surface area contributed by atoms with Gasteiger partial charge >= 0.3 is 8.03 Å². The molecular formula is C20H18N2O3P+. The predicted molar refractivity (Wildman–Crippen MR) is 104 cm³/mol. The molecule has 1 unspecified atom stereocenters. The van der Waals surface area contributed by atoms with Crippen LogP contribution in [-0.2, 0) is 10.7 Å². The van der Waals surface area contributed by atoms with Crippen LogP contribution in [0.5, 0.6) is 0 Å². The molecule has 0 saturated carbocycles. The number of nitrogen functional groups attached to an aromatic ring is 1. The van der Waals surface area contributed by atoms with Crippen LogP contribution >= 0.6 is 8.03 Å². The first kappa shape index (κ1) is 17.8. The molecule has 1 atom stereocenters. The Balaban J connectivity index is 1.79. The zero-order chi connectivity index (χ0) is 18.5. The number of nitrogens with two attached hydrogens (primary N) is 1. The van der Waals surface area contributed by atoms with E-state index in [1.165, 1.54) is 0 Å². The van der Waals surface area contributed by atoms with Crippen LogP contribution in [0.1, 0.15) is 15.9 Å². The lowest BCUT2D eigenvalue weighted by Gasteiger charge is -2.11. The summed E-state index contributed by atoms with van der Waals surface area (Å²) < 4.78 is 10.9. The number of amides is 1. The topological polar surface area (TPSA) is 92.4 Å². The van der Waals surface area contributed by atoms with Gasteiger partial charge in [-0.05, 0) is 40.0 Å². The third kappa shape index (κ3) is 4.33. The van der Waals surface area contributed by atoms with E-state index in [1.54, 1.807) is 30.3 Å². The lowest BCUT2D eigenvalue weighted by atomic mass is 10.0. The second-order valence-corrected chi connectivity index (χ2v) is 6.85. The van der Waals surface area contributed by atoms with Crippen molar-refractivity contribution in [3.63, 3.8) is 0 Å². The van der Waals surface area contributed by atoms with Gasteiger partial charge in [0.2, 0.25) is 6.16 Å². The van der Waals surface area contributed by atoms with Gasteiger partial charge in [-0.1, -0.05) is 48.5 Å². The van der Waals surface area contributed by atoms with Crippen LogP contribution in [0.2, 0.25) is 0 Å². The maximum absolute atomic E-state index is 12.5. The van der Waals surface area contributed by atoms with Crippen LogP contribution in [-0.4, -0.2) is 10.8 Å². The molecule has 1 amide bonds. The molecule has 0 aliphatic rings. The van der Waals surface area contributed by atoms with Gasteiger partial charge in [0.15, 0.2) is 0 Å². The molecule has 0 bridgehead atoms. The fourth-order valence-corrected chi connectivity index (χ4v) is 3.11. The standard InChI is InChI=1S/C20H17N2O3P/c21-18-11-10-17(15-4-2-1-3-5-15)12-19(18)22-20(23)16-8-6-14(7-9-16)13-26(24)25/h1-12H,13,21H2,(H-,22,23,24,25)/p+1. The van der Waals surface area contributed by atoms with Gasteiger partial charge in [0.1, 0.15) is 0 Å². The molecule has 0 spiro atoms. The van der Waals surface area contributed by atoms with Crippen LogP contribution in [0.15, 0.2) is 72.8 Å². The molecular weight excluding hydrogens is 347 g/mol. The van der Waals surface area contributed by atoms with Crippen LogP contribution in [0.4, 0.5) is 11.4 Å². The highest BCUT2D eigenvalue weighted by molar-refractivity contribution is 7.37. The third-order valence-corrected chi connectivity index (χ3v) is 4.58. The maximum atomic E-state index is 12.5. The number of anilines is 2. The normalized spacial score (nSPS) is 11.0. The quantitative estimate of drug-likeness (QED) is 0.461. The van der Waals surface area contributed by atoms with E-state index in [2.05, 4.69) is 5.32 Å². The number of carbonyl (C=O) groups is 1. The fourth-order valence-electron chi connectivity index (χ4n) is 2.59. The first-order valence-electron chi connectivity index (χ1n) is 8.02. The largest absolute Gasteiger partial charge is 0.510 e. The van der Waals surface area contributed by atoms with Gasteiger partial charge in [0.25, 0.3) is 5.91 Å². The summed E-state index contributed by atoms with van der Waals surface area (Å²) in [5.41, 5.74) is 10.2. The van der Waals surface area contributed by atoms with Gasteiger partial charge in [-0.15, -0.1) is 0 Å². The van der Waals surface area contributed by atoms with Crippen molar-refractivity contribution < 1.29 is 14.3 Å². The van der Waals surface area contributed by atoms with E-state index in [1.807, 2.05) is 42.5 Å². The highest BCUT2D eigenvalue weighted by atomic mass is 31.1. The minimum atomic E-state index is -2.24. The average Bonchev–Trinajstić information content (AvgIpc) is 2.64. The Morgan fingerprint density at radius 2 is 1.65 bits per heavy atom. The number of carbonyl (C=O) groups excluding carboxylic acids is 1. The van der Waals surface area contributed by atoms with E-state index in [0.717, 1.165) is 11.1 Å². The molecule has 0 aliphatic heterocycles. The summed E-state index contributed by atoms with van der Waals surface area (Å²) >= 11 is 0. The third-order valence-electron chi connectivity index (χ3n) is 3.94. The highest BCUT2D eigenvalue weighted by Crippen LogP contribution is 2.28. The van der Waals surface area contributed by atoms with Crippen molar-refractivity contribution in [2.75, 3.05) is 11.1 Å². The van der Waals surface area contributed by atoms with E-state index in [9.17, 15) is 9.36 Å². The smallest absolute Gasteiger partial charge is 0.397 e. The summed E-state index contributed by atoms with van der Waals surface area (Å²) in [5, 5.41) is 2.83. The van der Waals surface area contributed by atoms with Gasteiger partial charge in [-0.25, -0.2) is 0 Å². The molecule has 0 saturated heterocycles. The molecule has 3 aromatic carbocycles. The van der Waals surface area contributed by atoms with Gasteiger partial charge in [-0.2, -0.15) is 4.89 Å². The lowest BCUT2D eigenvalue weighted by molar-refractivity contribution is 0.102. The SMILES string of the molecule is Nc1ccc(-c2ccccc2)cc1NC(=O)c1ccc(C[P+](=O)O)cc1. The highest BCUT2D eigenvalue weighted by Gasteiger charge is 2.13. The summed E-state index contributed by atoms with van der Waals surface area (Å²) in [6, 6.07) is 21.9. The van der Waals surface area contributed by atoms with Gasteiger partial charge in [0.05, 0.1) is 11.4 Å². The van der Waals surface area contributed by atoms with Crippen molar-refractivity contribution in [2.45, 2.75) is 6.16 Å². The van der Waals surface area contributed by atoms with Crippen molar-refractivity contribution >= 4 is 25.3 Å². The number of nitrogens with one attached hydrogen (secondary N) is 1. The van der Waals surface area contributed by atoms with Crippen molar-refractivity contribution in [3.8, 4) is 11.1 Å². The lowest BCUT2D eigenvalue weighted by Crippen LogP contribution is -2.13. The summed E-state index contributed by atoms with van der Waals surface area (Å²) in [4.78, 5) is 21.4. The molecule has 0 heterocycles. The number of hydrogen-bond acceptors (Lipinski definition) is 3. The molecule has 0 fully saturated rings. The van der Waals surface area contributed by atoms with Crippen LogP contribution in [0.25, 0.3) is 11.1 Å². The zero-order valence-corrected chi connectivity index (χ0v) is 14.8. The van der Waals surface area contributed by atoms with Crippen molar-refractivity contribution in [2.24, 2.45) is 0 Å². The second kappa shape index (κ2) is 7.91.